The lowest BCUT2D eigenvalue weighted by atomic mass is 10.2. The van der Waals surface area contributed by atoms with Gasteiger partial charge in [-0.3, -0.25) is 4.79 Å². The highest BCUT2D eigenvalue weighted by Crippen LogP contribution is 2.22. The molecule has 0 aliphatic rings. The Morgan fingerprint density at radius 2 is 1.85 bits per heavy atom. The summed E-state index contributed by atoms with van der Waals surface area (Å²) in [7, 11) is 1.73. The van der Waals surface area contributed by atoms with Crippen LogP contribution < -0.4 is 10.6 Å². The van der Waals surface area contributed by atoms with E-state index in [9.17, 15) is 9.59 Å². The molecule has 6 nitrogen and oxygen atoms in total. The van der Waals surface area contributed by atoms with E-state index in [1.165, 1.54) is 0 Å². The SMILES string of the molecule is CCNC(=O)c1ccc(NC(=O)N(C)Cc2nc3ccccc3s2)cc1. The van der Waals surface area contributed by atoms with Crippen molar-refractivity contribution in [3.05, 3.63) is 59.1 Å². The summed E-state index contributed by atoms with van der Waals surface area (Å²) in [5.74, 6) is -0.127. The first-order valence-electron chi connectivity index (χ1n) is 8.31. The normalized spacial score (nSPS) is 10.5. The summed E-state index contributed by atoms with van der Waals surface area (Å²) in [5.41, 5.74) is 2.15. The molecule has 2 aromatic carbocycles. The van der Waals surface area contributed by atoms with Gasteiger partial charge in [-0.15, -0.1) is 11.3 Å². The maximum absolute atomic E-state index is 12.4. The van der Waals surface area contributed by atoms with E-state index in [4.69, 9.17) is 0 Å². The van der Waals surface area contributed by atoms with Crippen molar-refractivity contribution in [3.8, 4) is 0 Å². The zero-order valence-electron chi connectivity index (χ0n) is 14.7. The Hall–Kier alpha value is -2.93. The molecule has 0 fully saturated rings. The van der Waals surface area contributed by atoms with Gasteiger partial charge in [0, 0.05) is 24.8 Å². The van der Waals surface area contributed by atoms with Gasteiger partial charge in [-0.1, -0.05) is 12.1 Å². The number of nitrogens with zero attached hydrogens (tertiary/aromatic N) is 2. The van der Waals surface area contributed by atoms with E-state index in [0.29, 0.717) is 24.3 Å². The Morgan fingerprint density at radius 3 is 2.54 bits per heavy atom. The van der Waals surface area contributed by atoms with E-state index in [0.717, 1.165) is 15.2 Å². The van der Waals surface area contributed by atoms with Crippen LogP contribution in [0.1, 0.15) is 22.3 Å². The molecule has 3 amide bonds. The molecular weight excluding hydrogens is 348 g/mol. The van der Waals surface area contributed by atoms with Gasteiger partial charge in [0.15, 0.2) is 0 Å². The third kappa shape index (κ3) is 4.18. The number of carbonyl (C=O) groups excluding carboxylic acids is 2. The number of para-hydroxylation sites is 1. The van der Waals surface area contributed by atoms with Crippen molar-refractivity contribution in [1.29, 1.82) is 0 Å². The Bertz CT molecular complexity index is 888. The predicted octanol–water partition coefficient (Wildman–Crippen LogP) is 3.71. The topological polar surface area (TPSA) is 74.3 Å². The Balaban J connectivity index is 1.60. The number of thiazole rings is 1. The van der Waals surface area contributed by atoms with Crippen LogP contribution in [0.5, 0.6) is 0 Å². The van der Waals surface area contributed by atoms with Crippen molar-refractivity contribution < 1.29 is 9.59 Å². The van der Waals surface area contributed by atoms with Crippen molar-refractivity contribution in [2.45, 2.75) is 13.5 Å². The van der Waals surface area contributed by atoms with Crippen LogP contribution in [-0.4, -0.2) is 35.4 Å². The number of nitrogens with one attached hydrogen (secondary N) is 2. The highest BCUT2D eigenvalue weighted by atomic mass is 32.1. The van der Waals surface area contributed by atoms with Gasteiger partial charge in [0.05, 0.1) is 16.8 Å². The van der Waals surface area contributed by atoms with E-state index in [-0.39, 0.29) is 11.9 Å². The average molecular weight is 368 g/mol. The summed E-state index contributed by atoms with van der Waals surface area (Å²) >= 11 is 1.58. The van der Waals surface area contributed by atoms with E-state index >= 15 is 0 Å². The minimum Gasteiger partial charge on any atom is -0.352 e. The van der Waals surface area contributed by atoms with Gasteiger partial charge in [0.25, 0.3) is 5.91 Å². The molecule has 3 rings (SSSR count). The number of aromatic nitrogens is 1. The highest BCUT2D eigenvalue weighted by Gasteiger charge is 2.13. The first kappa shape index (κ1) is 17.9. The van der Waals surface area contributed by atoms with E-state index < -0.39 is 0 Å². The summed E-state index contributed by atoms with van der Waals surface area (Å²) < 4.78 is 1.11. The zero-order valence-corrected chi connectivity index (χ0v) is 15.5. The summed E-state index contributed by atoms with van der Waals surface area (Å²) in [4.78, 5) is 30.2. The maximum Gasteiger partial charge on any atom is 0.321 e. The van der Waals surface area contributed by atoms with Gasteiger partial charge < -0.3 is 15.5 Å². The van der Waals surface area contributed by atoms with Crippen LogP contribution in [-0.2, 0) is 6.54 Å². The molecule has 7 heteroatoms. The number of hydrogen-bond acceptors (Lipinski definition) is 4. The van der Waals surface area contributed by atoms with Gasteiger partial charge in [-0.25, -0.2) is 9.78 Å². The molecule has 1 aromatic heterocycles. The van der Waals surface area contributed by atoms with Gasteiger partial charge in [0.2, 0.25) is 0 Å². The zero-order chi connectivity index (χ0) is 18.5. The Labute approximate surface area is 155 Å². The molecule has 1 heterocycles. The fourth-order valence-corrected chi connectivity index (χ4v) is 3.47. The summed E-state index contributed by atoms with van der Waals surface area (Å²) in [6.07, 6.45) is 0. The van der Waals surface area contributed by atoms with Gasteiger partial charge in [-0.05, 0) is 43.3 Å². The molecule has 26 heavy (non-hydrogen) atoms. The smallest absolute Gasteiger partial charge is 0.321 e. The standard InChI is InChI=1S/C19H20N4O2S/c1-3-20-18(24)13-8-10-14(11-9-13)21-19(25)23(2)12-17-22-15-6-4-5-7-16(15)26-17/h4-11H,3,12H2,1-2H3,(H,20,24)(H,21,25). The Morgan fingerprint density at radius 1 is 1.12 bits per heavy atom. The molecule has 0 unspecified atom stereocenters. The van der Waals surface area contributed by atoms with Gasteiger partial charge in [-0.2, -0.15) is 0 Å². The number of anilines is 1. The van der Waals surface area contributed by atoms with Crippen LogP contribution in [0.3, 0.4) is 0 Å². The third-order valence-electron chi connectivity index (χ3n) is 3.79. The van der Waals surface area contributed by atoms with Crippen LogP contribution in [0.4, 0.5) is 10.5 Å². The number of fused-ring (bicyclic) bond motifs is 1. The molecule has 134 valence electrons. The number of rotatable bonds is 5. The largest absolute Gasteiger partial charge is 0.352 e. The first-order valence-corrected chi connectivity index (χ1v) is 9.13. The molecule has 0 saturated heterocycles. The van der Waals surface area contributed by atoms with E-state index in [1.54, 1.807) is 47.5 Å². The molecule has 0 spiro atoms. The lowest BCUT2D eigenvalue weighted by Gasteiger charge is -2.16. The monoisotopic (exact) mass is 368 g/mol. The van der Waals surface area contributed by atoms with Gasteiger partial charge in [0.1, 0.15) is 5.01 Å². The van der Waals surface area contributed by atoms with Crippen LogP contribution in [0, 0.1) is 0 Å². The van der Waals surface area contributed by atoms with E-state index in [2.05, 4.69) is 15.6 Å². The first-order chi connectivity index (χ1) is 12.6. The van der Waals surface area contributed by atoms with Crippen LogP contribution >= 0.6 is 11.3 Å². The summed E-state index contributed by atoms with van der Waals surface area (Å²) in [6, 6.07) is 14.5. The quantitative estimate of drug-likeness (QED) is 0.721. The minimum atomic E-state index is -0.227. The molecule has 0 aliphatic heterocycles. The number of hydrogen-bond donors (Lipinski definition) is 2. The highest BCUT2D eigenvalue weighted by molar-refractivity contribution is 7.18. The minimum absolute atomic E-state index is 0.127. The Kier molecular flexibility index (Phi) is 5.48. The lowest BCUT2D eigenvalue weighted by molar-refractivity contribution is 0.0956. The third-order valence-corrected chi connectivity index (χ3v) is 4.81. The van der Waals surface area contributed by atoms with Crippen molar-refractivity contribution in [2.75, 3.05) is 18.9 Å². The van der Waals surface area contributed by atoms with E-state index in [1.807, 2.05) is 31.2 Å². The molecule has 3 aromatic rings. The lowest BCUT2D eigenvalue weighted by Crippen LogP contribution is -2.30. The fourth-order valence-electron chi connectivity index (χ4n) is 2.45. The van der Waals surface area contributed by atoms with Crippen LogP contribution in [0.15, 0.2) is 48.5 Å². The molecule has 0 radical (unpaired) electrons. The molecule has 0 bridgehead atoms. The average Bonchev–Trinajstić information content (AvgIpc) is 3.04. The second-order valence-electron chi connectivity index (χ2n) is 5.80. The molecular formula is C19H20N4O2S. The van der Waals surface area contributed by atoms with Crippen molar-refractivity contribution >= 4 is 39.2 Å². The molecule has 0 saturated carbocycles. The fraction of sp³-hybridized carbons (Fsp3) is 0.211. The molecule has 0 aliphatic carbocycles. The summed E-state index contributed by atoms with van der Waals surface area (Å²) in [6.45, 7) is 2.88. The van der Waals surface area contributed by atoms with Gasteiger partial charge >= 0.3 is 6.03 Å². The number of benzene rings is 2. The van der Waals surface area contributed by atoms with Crippen LogP contribution in [0.25, 0.3) is 10.2 Å². The predicted molar refractivity (Wildman–Crippen MR) is 105 cm³/mol. The number of urea groups is 1. The second-order valence-corrected chi connectivity index (χ2v) is 6.91. The molecule has 0 atom stereocenters. The number of carbonyl (C=O) groups is 2. The van der Waals surface area contributed by atoms with Crippen LogP contribution in [0.2, 0.25) is 0 Å². The maximum atomic E-state index is 12.4. The van der Waals surface area contributed by atoms with Crippen molar-refractivity contribution in [2.24, 2.45) is 0 Å². The van der Waals surface area contributed by atoms with Crippen molar-refractivity contribution in [1.82, 2.24) is 15.2 Å². The number of amides is 3. The van der Waals surface area contributed by atoms with Crippen molar-refractivity contribution in [3.63, 3.8) is 0 Å². The molecule has 2 N–H and O–H groups in total. The second kappa shape index (κ2) is 7.97. The summed E-state index contributed by atoms with van der Waals surface area (Å²) in [5, 5.41) is 6.45.